The van der Waals surface area contributed by atoms with Crippen LogP contribution in [0.5, 0.6) is 5.75 Å². The number of nitrogens with zero attached hydrogens (tertiary/aromatic N) is 1. The predicted molar refractivity (Wildman–Crippen MR) is 135 cm³/mol. The fourth-order valence-corrected chi connectivity index (χ4v) is 5.43. The SMILES string of the molecule is C=C(/C=C/c1ccc2c(c1)C1CCCC1N2CC)C(C)(C)c1ccccc1OCCC(=O)O. The van der Waals surface area contributed by atoms with Gasteiger partial charge in [0.2, 0.25) is 0 Å². The van der Waals surface area contributed by atoms with E-state index < -0.39 is 5.97 Å². The number of anilines is 1. The van der Waals surface area contributed by atoms with Crippen molar-refractivity contribution >= 4 is 17.7 Å². The molecule has 4 nitrogen and oxygen atoms in total. The van der Waals surface area contributed by atoms with Crippen LogP contribution in [-0.2, 0) is 10.2 Å². The number of carboxylic acid groups (broad SMARTS) is 1. The summed E-state index contributed by atoms with van der Waals surface area (Å²) >= 11 is 0. The number of hydrogen-bond donors (Lipinski definition) is 1. The summed E-state index contributed by atoms with van der Waals surface area (Å²) in [6.07, 6.45) is 8.16. The molecule has 0 bridgehead atoms. The third-order valence-corrected chi connectivity index (χ3v) is 7.39. The molecule has 0 aromatic heterocycles. The largest absolute Gasteiger partial charge is 0.493 e. The van der Waals surface area contributed by atoms with Crippen LogP contribution in [-0.4, -0.2) is 30.3 Å². The Kier molecular flexibility index (Phi) is 6.64. The van der Waals surface area contributed by atoms with Gasteiger partial charge in [-0.2, -0.15) is 0 Å². The first-order chi connectivity index (χ1) is 15.8. The van der Waals surface area contributed by atoms with Gasteiger partial charge in [-0.1, -0.05) is 63.3 Å². The van der Waals surface area contributed by atoms with Crippen LogP contribution >= 0.6 is 0 Å². The fraction of sp³-hybridized carbons (Fsp3) is 0.414. The molecule has 0 spiro atoms. The van der Waals surface area contributed by atoms with E-state index in [1.165, 1.54) is 36.1 Å². The summed E-state index contributed by atoms with van der Waals surface area (Å²) in [5.41, 5.74) is 5.75. The summed E-state index contributed by atoms with van der Waals surface area (Å²) < 4.78 is 5.81. The maximum absolute atomic E-state index is 10.9. The molecule has 4 rings (SSSR count). The standard InChI is InChI=1S/C29H35NO3/c1-5-30-25-11-8-9-22(25)23-19-21(15-16-26(23)30)14-13-20(2)29(3,4)24-10-6-7-12-27(24)33-18-17-28(31)32/h6-7,10,12-16,19,22,25H,2,5,8-9,11,17-18H2,1,3-4H3,(H,31,32)/b14-13+. The van der Waals surface area contributed by atoms with E-state index in [0.717, 1.165) is 17.7 Å². The van der Waals surface area contributed by atoms with E-state index in [1.807, 2.05) is 24.3 Å². The molecule has 0 saturated heterocycles. The highest BCUT2D eigenvalue weighted by Gasteiger charge is 2.40. The van der Waals surface area contributed by atoms with E-state index in [1.54, 1.807) is 0 Å². The Bertz CT molecular complexity index is 1070. The van der Waals surface area contributed by atoms with Gasteiger partial charge in [0.15, 0.2) is 0 Å². The van der Waals surface area contributed by atoms with Crippen LogP contribution in [0.1, 0.15) is 69.1 Å². The van der Waals surface area contributed by atoms with Gasteiger partial charge in [0.25, 0.3) is 0 Å². The lowest BCUT2D eigenvalue weighted by molar-refractivity contribution is -0.137. The van der Waals surface area contributed by atoms with Gasteiger partial charge in [-0.3, -0.25) is 4.79 Å². The average molecular weight is 446 g/mol. The lowest BCUT2D eigenvalue weighted by Gasteiger charge is -2.28. The first-order valence-electron chi connectivity index (χ1n) is 12.0. The van der Waals surface area contributed by atoms with Crippen LogP contribution in [0.15, 0.2) is 60.7 Å². The molecule has 2 unspecified atom stereocenters. The van der Waals surface area contributed by atoms with Gasteiger partial charge in [-0.05, 0) is 54.7 Å². The van der Waals surface area contributed by atoms with Gasteiger partial charge >= 0.3 is 5.97 Å². The molecule has 2 aliphatic rings. The van der Waals surface area contributed by atoms with Crippen LogP contribution in [0.2, 0.25) is 0 Å². The highest BCUT2D eigenvalue weighted by Crippen LogP contribution is 2.49. The van der Waals surface area contributed by atoms with E-state index in [4.69, 9.17) is 9.84 Å². The molecule has 1 aliphatic carbocycles. The molecule has 4 heteroatoms. The van der Waals surface area contributed by atoms with Gasteiger partial charge in [-0.15, -0.1) is 0 Å². The maximum Gasteiger partial charge on any atom is 0.306 e. The smallest absolute Gasteiger partial charge is 0.306 e. The molecular weight excluding hydrogens is 410 g/mol. The first kappa shape index (κ1) is 23.2. The zero-order valence-electron chi connectivity index (χ0n) is 20.0. The van der Waals surface area contributed by atoms with Crippen LogP contribution in [0.4, 0.5) is 5.69 Å². The number of aliphatic carboxylic acids is 1. The Morgan fingerprint density at radius 1 is 1.24 bits per heavy atom. The molecule has 174 valence electrons. The van der Waals surface area contributed by atoms with Crippen molar-refractivity contribution in [3.05, 3.63) is 77.4 Å². The molecule has 1 N–H and O–H groups in total. The van der Waals surface area contributed by atoms with Crippen molar-refractivity contribution in [2.45, 2.75) is 63.8 Å². The van der Waals surface area contributed by atoms with Crippen LogP contribution in [0.3, 0.4) is 0 Å². The number of hydrogen-bond acceptors (Lipinski definition) is 3. The van der Waals surface area contributed by atoms with Crippen LogP contribution in [0.25, 0.3) is 6.08 Å². The Balaban J connectivity index is 1.52. The Hall–Kier alpha value is -3.01. The van der Waals surface area contributed by atoms with Crippen molar-refractivity contribution in [3.63, 3.8) is 0 Å². The van der Waals surface area contributed by atoms with Crippen molar-refractivity contribution in [1.29, 1.82) is 0 Å². The lowest BCUT2D eigenvalue weighted by Crippen LogP contribution is -2.30. The third-order valence-electron chi connectivity index (χ3n) is 7.39. The fourth-order valence-electron chi connectivity index (χ4n) is 5.43. The summed E-state index contributed by atoms with van der Waals surface area (Å²) in [5.74, 6) is 0.518. The monoisotopic (exact) mass is 445 g/mol. The highest BCUT2D eigenvalue weighted by atomic mass is 16.5. The number of benzene rings is 2. The van der Waals surface area contributed by atoms with Crippen molar-refractivity contribution in [2.24, 2.45) is 0 Å². The number of carboxylic acids is 1. The Labute approximate surface area is 197 Å². The number of carbonyl (C=O) groups is 1. The molecule has 1 fully saturated rings. The molecule has 2 atom stereocenters. The van der Waals surface area contributed by atoms with Crippen molar-refractivity contribution in [1.82, 2.24) is 0 Å². The number of rotatable bonds is 9. The zero-order valence-corrected chi connectivity index (χ0v) is 20.0. The first-order valence-corrected chi connectivity index (χ1v) is 12.0. The number of fused-ring (bicyclic) bond motifs is 3. The third kappa shape index (κ3) is 4.57. The number of allylic oxidation sites excluding steroid dienone is 2. The van der Waals surface area contributed by atoms with Gasteiger partial charge in [0, 0.05) is 35.2 Å². The molecule has 2 aromatic rings. The average Bonchev–Trinajstić information content (AvgIpc) is 3.38. The molecular formula is C29H35NO3. The minimum atomic E-state index is -0.862. The summed E-state index contributed by atoms with van der Waals surface area (Å²) in [5, 5.41) is 8.92. The molecule has 33 heavy (non-hydrogen) atoms. The number of likely N-dealkylation sites (N-methyl/N-ethyl adjacent to an activating group) is 1. The van der Waals surface area contributed by atoms with E-state index in [9.17, 15) is 4.79 Å². The van der Waals surface area contributed by atoms with Gasteiger partial charge in [-0.25, -0.2) is 0 Å². The molecule has 1 saturated carbocycles. The topological polar surface area (TPSA) is 49.8 Å². The van der Waals surface area contributed by atoms with E-state index in [0.29, 0.717) is 17.7 Å². The van der Waals surface area contributed by atoms with E-state index in [2.05, 4.69) is 62.6 Å². The summed E-state index contributed by atoms with van der Waals surface area (Å²) in [6.45, 7) is 12.1. The molecule has 0 amide bonds. The minimum Gasteiger partial charge on any atom is -0.493 e. The molecule has 0 radical (unpaired) electrons. The second-order valence-electron chi connectivity index (χ2n) is 9.68. The van der Waals surface area contributed by atoms with E-state index >= 15 is 0 Å². The molecule has 2 aromatic carbocycles. The summed E-state index contributed by atoms with van der Waals surface area (Å²) in [4.78, 5) is 13.4. The number of ether oxygens (including phenoxy) is 1. The predicted octanol–water partition coefficient (Wildman–Crippen LogP) is 6.56. The van der Waals surface area contributed by atoms with Crippen LogP contribution in [0, 0.1) is 0 Å². The maximum atomic E-state index is 10.9. The van der Waals surface area contributed by atoms with E-state index in [-0.39, 0.29) is 18.4 Å². The summed E-state index contributed by atoms with van der Waals surface area (Å²) in [6, 6.07) is 15.4. The Morgan fingerprint density at radius 3 is 2.79 bits per heavy atom. The van der Waals surface area contributed by atoms with Crippen molar-refractivity contribution < 1.29 is 14.6 Å². The Morgan fingerprint density at radius 2 is 2.03 bits per heavy atom. The van der Waals surface area contributed by atoms with Gasteiger partial charge in [0.05, 0.1) is 13.0 Å². The lowest BCUT2D eigenvalue weighted by atomic mass is 9.77. The quantitative estimate of drug-likeness (QED) is 0.444. The van der Waals surface area contributed by atoms with Crippen LogP contribution < -0.4 is 9.64 Å². The minimum absolute atomic E-state index is 0.0226. The second kappa shape index (κ2) is 9.46. The van der Waals surface area contributed by atoms with Gasteiger partial charge < -0.3 is 14.7 Å². The van der Waals surface area contributed by atoms with Crippen molar-refractivity contribution in [2.75, 3.05) is 18.1 Å². The normalized spacial score (nSPS) is 19.5. The van der Waals surface area contributed by atoms with Crippen molar-refractivity contribution in [3.8, 4) is 5.75 Å². The zero-order chi connectivity index (χ0) is 23.6. The van der Waals surface area contributed by atoms with Gasteiger partial charge in [0.1, 0.15) is 5.75 Å². The number of para-hydroxylation sites is 1. The molecule has 1 aliphatic heterocycles. The molecule has 1 heterocycles. The highest BCUT2D eigenvalue weighted by molar-refractivity contribution is 5.68. The summed E-state index contributed by atoms with van der Waals surface area (Å²) in [7, 11) is 0. The second-order valence-corrected chi connectivity index (χ2v) is 9.68.